The second kappa shape index (κ2) is 10.1. The van der Waals surface area contributed by atoms with Crippen molar-refractivity contribution in [3.05, 3.63) is 70.8 Å². The minimum Gasteiger partial charge on any atom is -0.486 e. The van der Waals surface area contributed by atoms with Gasteiger partial charge in [0.2, 0.25) is 0 Å². The highest BCUT2D eigenvalue weighted by molar-refractivity contribution is 6.30. The molecule has 0 bridgehead atoms. The van der Waals surface area contributed by atoms with Crippen LogP contribution in [0.25, 0.3) is 0 Å². The molecule has 1 aliphatic carbocycles. The number of rotatable bonds is 7. The van der Waals surface area contributed by atoms with Crippen molar-refractivity contribution in [1.82, 2.24) is 19.6 Å². The average Bonchev–Trinajstić information content (AvgIpc) is 3.25. The van der Waals surface area contributed by atoms with Crippen LogP contribution in [0.3, 0.4) is 0 Å². The first-order chi connectivity index (χ1) is 15.8. The van der Waals surface area contributed by atoms with E-state index in [4.69, 9.17) is 21.4 Å². The van der Waals surface area contributed by atoms with Gasteiger partial charge in [-0.1, -0.05) is 11.6 Å². The zero-order chi connectivity index (χ0) is 23.5. The first-order valence-corrected chi connectivity index (χ1v) is 11.4. The number of carboxylic acid groups (broad SMARTS) is 1. The summed E-state index contributed by atoms with van der Waals surface area (Å²) in [6, 6.07) is 8.82. The molecule has 1 aliphatic heterocycles. The third-order valence-corrected chi connectivity index (χ3v) is 6.38. The van der Waals surface area contributed by atoms with Crippen LogP contribution in [0.15, 0.2) is 60.1 Å². The molecule has 176 valence electrons. The summed E-state index contributed by atoms with van der Waals surface area (Å²) in [6.45, 7) is 7.30. The standard InChI is InChI=1S/C24H28ClFN4O3/c1-16-14-28(9-10-29(16)17(2)30-8-7-23(27-30)24(31)32)15-18-11-20(26)13-22(12-18)33-21-5-3-19(25)4-6-21/h3-8,11,13,16-17,22H,9-10,12,14-15H2,1-2H3,(H,31,32)/t16-,17?,22?/m0/s1. The molecule has 0 saturated carbocycles. The number of aromatic carboxylic acids is 1. The molecular weight excluding hydrogens is 447 g/mol. The van der Waals surface area contributed by atoms with Gasteiger partial charge in [0.1, 0.15) is 23.8 Å². The van der Waals surface area contributed by atoms with E-state index in [1.807, 2.05) is 6.92 Å². The van der Waals surface area contributed by atoms with Crippen molar-refractivity contribution in [2.75, 3.05) is 26.2 Å². The molecule has 2 aliphatic rings. The summed E-state index contributed by atoms with van der Waals surface area (Å²) < 4.78 is 21.9. The summed E-state index contributed by atoms with van der Waals surface area (Å²) in [5.74, 6) is -0.641. The lowest BCUT2D eigenvalue weighted by atomic mass is 10.0. The maximum Gasteiger partial charge on any atom is 0.356 e. The van der Waals surface area contributed by atoms with Gasteiger partial charge in [-0.25, -0.2) is 9.18 Å². The third kappa shape index (κ3) is 5.82. The van der Waals surface area contributed by atoms with Gasteiger partial charge in [-0.2, -0.15) is 5.10 Å². The number of nitrogens with zero attached hydrogens (tertiary/aromatic N) is 4. The van der Waals surface area contributed by atoms with Crippen LogP contribution in [-0.4, -0.2) is 69.0 Å². The topological polar surface area (TPSA) is 70.8 Å². The maximum atomic E-state index is 14.3. The van der Waals surface area contributed by atoms with Crippen molar-refractivity contribution in [3.8, 4) is 5.75 Å². The highest BCUT2D eigenvalue weighted by atomic mass is 35.5. The number of halogens is 2. The van der Waals surface area contributed by atoms with Crippen LogP contribution >= 0.6 is 11.6 Å². The van der Waals surface area contributed by atoms with Gasteiger partial charge in [-0.05, 0) is 61.9 Å². The summed E-state index contributed by atoms with van der Waals surface area (Å²) in [5, 5.41) is 13.9. The van der Waals surface area contributed by atoms with E-state index in [9.17, 15) is 9.18 Å². The van der Waals surface area contributed by atoms with Gasteiger partial charge >= 0.3 is 5.97 Å². The number of piperazine rings is 1. The predicted octanol–water partition coefficient (Wildman–Crippen LogP) is 4.39. The van der Waals surface area contributed by atoms with E-state index in [0.29, 0.717) is 23.7 Å². The van der Waals surface area contributed by atoms with Crippen LogP contribution < -0.4 is 4.74 Å². The molecule has 2 unspecified atom stereocenters. The van der Waals surface area contributed by atoms with E-state index < -0.39 is 5.97 Å². The normalized spacial score (nSPS) is 23.0. The second-order valence-electron chi connectivity index (χ2n) is 8.61. The predicted molar refractivity (Wildman–Crippen MR) is 124 cm³/mol. The number of hydrogen-bond donors (Lipinski definition) is 1. The molecular formula is C24H28ClFN4O3. The van der Waals surface area contributed by atoms with E-state index in [1.165, 1.54) is 12.1 Å². The molecule has 2 heterocycles. The van der Waals surface area contributed by atoms with E-state index in [2.05, 4.69) is 21.8 Å². The largest absolute Gasteiger partial charge is 0.486 e. The van der Waals surface area contributed by atoms with Crippen LogP contribution in [0, 0.1) is 0 Å². The van der Waals surface area contributed by atoms with Crippen molar-refractivity contribution >= 4 is 17.6 Å². The lowest BCUT2D eigenvalue weighted by molar-refractivity contribution is 0.0265. The number of carbonyl (C=O) groups is 1. The lowest BCUT2D eigenvalue weighted by Crippen LogP contribution is -2.53. The molecule has 2 aromatic rings. The molecule has 1 N–H and O–H groups in total. The smallest absolute Gasteiger partial charge is 0.356 e. The molecule has 1 aromatic heterocycles. The SMILES string of the molecule is CC(N1CCN(CC2=CC(F)=CC(Oc3ccc(Cl)cc3)C2)C[C@@H]1C)n1ccc(C(=O)O)n1. The second-order valence-corrected chi connectivity index (χ2v) is 9.04. The lowest BCUT2D eigenvalue weighted by Gasteiger charge is -2.43. The fraction of sp³-hybridized carbons (Fsp3) is 0.417. The minimum atomic E-state index is -1.03. The molecule has 0 radical (unpaired) electrons. The Morgan fingerprint density at radius 1 is 1.30 bits per heavy atom. The van der Waals surface area contributed by atoms with Gasteiger partial charge in [0, 0.05) is 49.9 Å². The quantitative estimate of drug-likeness (QED) is 0.641. The van der Waals surface area contributed by atoms with Gasteiger partial charge in [0.25, 0.3) is 0 Å². The van der Waals surface area contributed by atoms with Gasteiger partial charge in [0.15, 0.2) is 5.69 Å². The van der Waals surface area contributed by atoms with Crippen LogP contribution in [0.1, 0.15) is 36.9 Å². The number of hydrogen-bond acceptors (Lipinski definition) is 5. The summed E-state index contributed by atoms with van der Waals surface area (Å²) in [7, 11) is 0. The molecule has 1 saturated heterocycles. The Labute approximate surface area is 197 Å². The van der Waals surface area contributed by atoms with Crippen molar-refractivity contribution in [1.29, 1.82) is 0 Å². The summed E-state index contributed by atoms with van der Waals surface area (Å²) in [4.78, 5) is 15.8. The van der Waals surface area contributed by atoms with Crippen molar-refractivity contribution in [3.63, 3.8) is 0 Å². The van der Waals surface area contributed by atoms with Gasteiger partial charge in [-0.3, -0.25) is 14.5 Å². The molecule has 1 fully saturated rings. The zero-order valence-electron chi connectivity index (χ0n) is 18.7. The Kier molecular flexibility index (Phi) is 7.17. The first kappa shape index (κ1) is 23.5. The Bertz CT molecular complexity index is 1050. The number of ether oxygens (including phenoxy) is 1. The Morgan fingerprint density at radius 2 is 2.06 bits per heavy atom. The van der Waals surface area contributed by atoms with E-state index in [1.54, 1.807) is 41.2 Å². The molecule has 0 amide bonds. The zero-order valence-corrected chi connectivity index (χ0v) is 19.5. The number of aromatic nitrogens is 2. The van der Waals surface area contributed by atoms with Gasteiger partial charge in [0.05, 0.1) is 0 Å². The van der Waals surface area contributed by atoms with Crippen molar-refractivity contribution in [2.24, 2.45) is 0 Å². The van der Waals surface area contributed by atoms with E-state index in [0.717, 1.165) is 25.2 Å². The fourth-order valence-corrected chi connectivity index (χ4v) is 4.64. The molecule has 9 heteroatoms. The Hall–Kier alpha value is -2.68. The maximum absolute atomic E-state index is 14.3. The number of carboxylic acids is 1. The molecule has 0 spiro atoms. The van der Waals surface area contributed by atoms with Gasteiger partial charge < -0.3 is 9.84 Å². The summed E-state index contributed by atoms with van der Waals surface area (Å²) >= 11 is 5.93. The Balaban J connectivity index is 1.33. The van der Waals surface area contributed by atoms with Crippen LogP contribution in [0.4, 0.5) is 4.39 Å². The molecule has 1 aromatic carbocycles. The fourth-order valence-electron chi connectivity index (χ4n) is 4.52. The molecule has 33 heavy (non-hydrogen) atoms. The molecule has 7 nitrogen and oxygen atoms in total. The van der Waals surface area contributed by atoms with Crippen molar-refractivity contribution in [2.45, 2.75) is 38.6 Å². The average molecular weight is 475 g/mol. The van der Waals surface area contributed by atoms with Crippen molar-refractivity contribution < 1.29 is 19.0 Å². The van der Waals surface area contributed by atoms with Crippen LogP contribution in [0.2, 0.25) is 5.02 Å². The monoisotopic (exact) mass is 474 g/mol. The highest BCUT2D eigenvalue weighted by Crippen LogP contribution is 2.26. The first-order valence-electron chi connectivity index (χ1n) is 11.0. The summed E-state index contributed by atoms with van der Waals surface area (Å²) in [5.41, 5.74) is 1.05. The third-order valence-electron chi connectivity index (χ3n) is 6.13. The Morgan fingerprint density at radius 3 is 2.73 bits per heavy atom. The van der Waals surface area contributed by atoms with E-state index in [-0.39, 0.29) is 29.8 Å². The minimum absolute atomic E-state index is 0.0443. The number of benzene rings is 1. The van der Waals surface area contributed by atoms with Gasteiger partial charge in [-0.15, -0.1) is 0 Å². The van der Waals surface area contributed by atoms with E-state index >= 15 is 0 Å². The number of allylic oxidation sites excluding steroid dienone is 2. The van der Waals surface area contributed by atoms with Crippen LogP contribution in [-0.2, 0) is 0 Å². The summed E-state index contributed by atoms with van der Waals surface area (Å²) in [6.07, 6.45) is 5.05. The highest BCUT2D eigenvalue weighted by Gasteiger charge is 2.29. The van der Waals surface area contributed by atoms with Crippen LogP contribution in [0.5, 0.6) is 5.75 Å². The molecule has 4 rings (SSSR count). The molecule has 3 atom stereocenters.